The van der Waals surface area contributed by atoms with E-state index in [0.29, 0.717) is 18.1 Å². The minimum Gasteiger partial charge on any atom is -0.377 e. The van der Waals surface area contributed by atoms with Crippen molar-refractivity contribution in [1.82, 2.24) is 15.3 Å². The fraction of sp³-hybridized carbons (Fsp3) is 0.733. The second-order valence-electron chi connectivity index (χ2n) is 6.41. The fourth-order valence-electron chi connectivity index (χ4n) is 2.47. The van der Waals surface area contributed by atoms with Gasteiger partial charge in [0.25, 0.3) is 0 Å². The standard InChI is InChI=1S/C15H25N3O/c1-11(2)9-19-14-7-13(15(14,3)4)17-8-12-5-6-16-10-18-12/h5-6,10-11,13-14,17H,7-9H2,1-4H3. The first kappa shape index (κ1) is 14.4. The Labute approximate surface area is 116 Å². The molecule has 1 fully saturated rings. The summed E-state index contributed by atoms with van der Waals surface area (Å²) in [6, 6.07) is 2.45. The molecular formula is C15H25N3O. The van der Waals surface area contributed by atoms with Gasteiger partial charge in [0, 0.05) is 30.8 Å². The highest BCUT2D eigenvalue weighted by Crippen LogP contribution is 2.43. The molecule has 2 atom stereocenters. The van der Waals surface area contributed by atoms with Crippen molar-refractivity contribution in [2.75, 3.05) is 6.61 Å². The molecule has 1 N–H and O–H groups in total. The van der Waals surface area contributed by atoms with E-state index in [1.807, 2.05) is 6.07 Å². The summed E-state index contributed by atoms with van der Waals surface area (Å²) in [4.78, 5) is 8.16. The SMILES string of the molecule is CC(C)COC1CC(NCc2ccncn2)C1(C)C. The lowest BCUT2D eigenvalue weighted by atomic mass is 9.64. The Morgan fingerprint density at radius 3 is 2.84 bits per heavy atom. The van der Waals surface area contributed by atoms with Crippen LogP contribution in [0.3, 0.4) is 0 Å². The predicted octanol–water partition coefficient (Wildman–Crippen LogP) is 2.41. The minimum absolute atomic E-state index is 0.196. The van der Waals surface area contributed by atoms with Crippen molar-refractivity contribution in [2.24, 2.45) is 11.3 Å². The van der Waals surface area contributed by atoms with Gasteiger partial charge in [0.15, 0.2) is 0 Å². The summed E-state index contributed by atoms with van der Waals surface area (Å²) >= 11 is 0. The molecule has 0 bridgehead atoms. The molecule has 2 rings (SSSR count). The number of hydrogen-bond donors (Lipinski definition) is 1. The Balaban J connectivity index is 1.78. The Morgan fingerprint density at radius 1 is 1.47 bits per heavy atom. The zero-order chi connectivity index (χ0) is 13.9. The number of aromatic nitrogens is 2. The average molecular weight is 263 g/mol. The van der Waals surface area contributed by atoms with Crippen LogP contribution in [0.4, 0.5) is 0 Å². The van der Waals surface area contributed by atoms with Crippen LogP contribution >= 0.6 is 0 Å². The quantitative estimate of drug-likeness (QED) is 0.856. The molecule has 0 saturated heterocycles. The van der Waals surface area contributed by atoms with Crippen LogP contribution in [-0.4, -0.2) is 28.7 Å². The normalized spacial score (nSPS) is 25.3. The highest BCUT2D eigenvalue weighted by molar-refractivity contribution is 5.05. The third-order valence-electron chi connectivity index (χ3n) is 3.98. The average Bonchev–Trinajstić information content (AvgIpc) is 2.37. The molecule has 1 aromatic rings. The van der Waals surface area contributed by atoms with Crippen molar-refractivity contribution in [3.05, 3.63) is 24.3 Å². The molecule has 0 spiro atoms. The Kier molecular flexibility index (Phi) is 4.53. The van der Waals surface area contributed by atoms with E-state index >= 15 is 0 Å². The van der Waals surface area contributed by atoms with E-state index in [1.165, 1.54) is 0 Å². The molecule has 4 heteroatoms. The first-order valence-electron chi connectivity index (χ1n) is 7.10. The monoisotopic (exact) mass is 263 g/mol. The molecule has 0 amide bonds. The summed E-state index contributed by atoms with van der Waals surface area (Å²) in [5.74, 6) is 0.601. The molecule has 1 saturated carbocycles. The van der Waals surface area contributed by atoms with Gasteiger partial charge in [-0.1, -0.05) is 27.7 Å². The third kappa shape index (κ3) is 3.51. The number of rotatable bonds is 6. The smallest absolute Gasteiger partial charge is 0.115 e. The van der Waals surface area contributed by atoms with Crippen molar-refractivity contribution in [2.45, 2.75) is 52.8 Å². The molecule has 1 aromatic heterocycles. The largest absolute Gasteiger partial charge is 0.377 e. The highest BCUT2D eigenvalue weighted by Gasteiger charge is 2.48. The van der Waals surface area contributed by atoms with Crippen LogP contribution in [0.15, 0.2) is 18.6 Å². The van der Waals surface area contributed by atoms with Gasteiger partial charge >= 0.3 is 0 Å². The maximum Gasteiger partial charge on any atom is 0.115 e. The summed E-state index contributed by atoms with van der Waals surface area (Å²) in [5.41, 5.74) is 1.24. The first-order chi connectivity index (χ1) is 9.00. The maximum atomic E-state index is 5.97. The van der Waals surface area contributed by atoms with E-state index in [4.69, 9.17) is 4.74 Å². The zero-order valence-corrected chi connectivity index (χ0v) is 12.4. The third-order valence-corrected chi connectivity index (χ3v) is 3.98. The van der Waals surface area contributed by atoms with Gasteiger partial charge < -0.3 is 10.1 Å². The lowest BCUT2D eigenvalue weighted by Crippen LogP contribution is -2.60. The molecule has 4 nitrogen and oxygen atoms in total. The highest BCUT2D eigenvalue weighted by atomic mass is 16.5. The summed E-state index contributed by atoms with van der Waals surface area (Å²) < 4.78 is 5.97. The molecule has 0 aliphatic heterocycles. The van der Waals surface area contributed by atoms with Crippen molar-refractivity contribution in [3.63, 3.8) is 0 Å². The van der Waals surface area contributed by atoms with Gasteiger partial charge in [-0.05, 0) is 18.4 Å². The lowest BCUT2D eigenvalue weighted by molar-refractivity contribution is -0.124. The van der Waals surface area contributed by atoms with Gasteiger partial charge in [-0.15, -0.1) is 0 Å². The van der Waals surface area contributed by atoms with E-state index in [0.717, 1.165) is 25.3 Å². The van der Waals surface area contributed by atoms with Gasteiger partial charge in [-0.25, -0.2) is 9.97 Å². The molecule has 1 aliphatic rings. The van der Waals surface area contributed by atoms with Gasteiger partial charge in [0.1, 0.15) is 6.33 Å². The molecular weight excluding hydrogens is 238 g/mol. The van der Waals surface area contributed by atoms with Gasteiger partial charge in [0.05, 0.1) is 11.8 Å². The molecule has 2 unspecified atom stereocenters. The van der Waals surface area contributed by atoms with E-state index in [2.05, 4.69) is 43.0 Å². The zero-order valence-electron chi connectivity index (χ0n) is 12.4. The summed E-state index contributed by atoms with van der Waals surface area (Å²) in [6.45, 7) is 10.6. The number of nitrogens with zero attached hydrogens (tertiary/aromatic N) is 2. The van der Waals surface area contributed by atoms with Crippen LogP contribution < -0.4 is 5.32 Å². The Hall–Kier alpha value is -1.00. The van der Waals surface area contributed by atoms with E-state index in [9.17, 15) is 0 Å². The van der Waals surface area contributed by atoms with Crippen LogP contribution in [0.25, 0.3) is 0 Å². The van der Waals surface area contributed by atoms with Crippen molar-refractivity contribution >= 4 is 0 Å². The van der Waals surface area contributed by atoms with Crippen LogP contribution in [0.1, 0.15) is 39.8 Å². The predicted molar refractivity (Wildman–Crippen MR) is 75.6 cm³/mol. The topological polar surface area (TPSA) is 47.0 Å². The van der Waals surface area contributed by atoms with E-state index in [-0.39, 0.29) is 5.41 Å². The lowest BCUT2D eigenvalue weighted by Gasteiger charge is -2.52. The minimum atomic E-state index is 0.196. The summed E-state index contributed by atoms with van der Waals surface area (Å²) in [6.07, 6.45) is 4.84. The maximum absolute atomic E-state index is 5.97. The number of hydrogen-bond acceptors (Lipinski definition) is 4. The van der Waals surface area contributed by atoms with Gasteiger partial charge in [0.2, 0.25) is 0 Å². The van der Waals surface area contributed by atoms with Crippen molar-refractivity contribution in [1.29, 1.82) is 0 Å². The Morgan fingerprint density at radius 2 is 2.26 bits per heavy atom. The molecule has 19 heavy (non-hydrogen) atoms. The molecule has 1 heterocycles. The second kappa shape index (κ2) is 5.97. The first-order valence-corrected chi connectivity index (χ1v) is 7.10. The molecule has 106 valence electrons. The van der Waals surface area contributed by atoms with E-state index in [1.54, 1.807) is 12.5 Å². The Bertz CT molecular complexity index is 392. The van der Waals surface area contributed by atoms with Crippen LogP contribution in [0, 0.1) is 11.3 Å². The van der Waals surface area contributed by atoms with Gasteiger partial charge in [-0.2, -0.15) is 0 Å². The summed E-state index contributed by atoms with van der Waals surface area (Å²) in [5, 5.41) is 3.57. The molecule has 1 aliphatic carbocycles. The van der Waals surface area contributed by atoms with Crippen LogP contribution in [-0.2, 0) is 11.3 Å². The summed E-state index contributed by atoms with van der Waals surface area (Å²) in [7, 11) is 0. The van der Waals surface area contributed by atoms with Gasteiger partial charge in [-0.3, -0.25) is 0 Å². The van der Waals surface area contributed by atoms with Crippen LogP contribution in [0.2, 0.25) is 0 Å². The van der Waals surface area contributed by atoms with E-state index < -0.39 is 0 Å². The second-order valence-corrected chi connectivity index (χ2v) is 6.41. The van der Waals surface area contributed by atoms with Crippen molar-refractivity contribution < 1.29 is 4.74 Å². The molecule has 0 aromatic carbocycles. The fourth-order valence-corrected chi connectivity index (χ4v) is 2.47. The number of ether oxygens (including phenoxy) is 1. The van der Waals surface area contributed by atoms with Crippen molar-refractivity contribution in [3.8, 4) is 0 Å². The number of nitrogens with one attached hydrogen (secondary N) is 1. The van der Waals surface area contributed by atoms with Crippen LogP contribution in [0.5, 0.6) is 0 Å². The molecule has 0 radical (unpaired) electrons.